The third-order valence-electron chi connectivity index (χ3n) is 3.46. The molecule has 0 bridgehead atoms. The van der Waals surface area contributed by atoms with Crippen LogP contribution < -0.4 is 0 Å². The molecule has 0 rings (SSSR count). The van der Waals surface area contributed by atoms with Gasteiger partial charge in [-0.3, -0.25) is 18.6 Å². The molecule has 2 N–H and O–H groups in total. The van der Waals surface area contributed by atoms with Crippen LogP contribution in [0.25, 0.3) is 0 Å². The summed E-state index contributed by atoms with van der Waals surface area (Å²) in [5.74, 6) is 9.31. The fourth-order valence-corrected chi connectivity index (χ4v) is 12.5. The molecule has 0 aliphatic heterocycles. The summed E-state index contributed by atoms with van der Waals surface area (Å²) in [6.07, 6.45) is 0. The van der Waals surface area contributed by atoms with E-state index in [4.69, 9.17) is 10.2 Å². The molecule has 0 aliphatic carbocycles. The molecule has 0 heterocycles. The molecule has 0 aromatic carbocycles. The molecule has 0 amide bonds. The molecule has 0 aliphatic rings. The van der Waals surface area contributed by atoms with Crippen molar-refractivity contribution in [1.29, 1.82) is 0 Å². The molecule has 212 valence electrons. The molecule has 0 fully saturated rings. The third kappa shape index (κ3) is 29.2. The second-order valence-corrected chi connectivity index (χ2v) is 18.8. The molecule has 0 spiro atoms. The molecule has 0 aromatic rings. The first-order valence-corrected chi connectivity index (χ1v) is 22.4. The van der Waals surface area contributed by atoms with Crippen LogP contribution in [0.3, 0.4) is 0 Å². The van der Waals surface area contributed by atoms with Crippen molar-refractivity contribution in [3.05, 3.63) is 0 Å². The first-order chi connectivity index (χ1) is 17.5. The van der Waals surface area contributed by atoms with Gasteiger partial charge < -0.3 is 10.2 Å². The quantitative estimate of drug-likeness (QED) is 0.101. The number of rotatable bonds is 26. The van der Waals surface area contributed by atoms with Crippen molar-refractivity contribution in [3.8, 4) is 0 Å². The number of hydrogen-bond donors (Lipinski definition) is 2. The monoisotopic (exact) mass is 692 g/mol. The maximum Gasteiger partial charge on any atom is 0.199 e. The Hall–Kier alpha value is 2.23. The van der Waals surface area contributed by atoms with Crippen molar-refractivity contribution in [2.45, 2.75) is 0 Å². The average molecular weight is 693 g/mol. The number of carbonyl (C=O) groups excluding carboxylic acids is 3. The Morgan fingerprint density at radius 3 is 1.50 bits per heavy atom. The fourth-order valence-electron chi connectivity index (χ4n) is 1.90. The summed E-state index contributed by atoms with van der Waals surface area (Å²) in [4.78, 5) is 34.8. The van der Waals surface area contributed by atoms with Gasteiger partial charge in [0.25, 0.3) is 0 Å². The molecule has 1 unspecified atom stereocenters. The second kappa shape index (κ2) is 30.2. The van der Waals surface area contributed by atoms with Crippen LogP contribution >= 0.6 is 106 Å². The number of aliphatic hydroxyl groups is 2. The number of carbonyl (C=O) groups is 3. The second-order valence-electron chi connectivity index (χ2n) is 6.37. The third-order valence-corrected chi connectivity index (χ3v) is 15.6. The summed E-state index contributed by atoms with van der Waals surface area (Å²) in [7, 11) is -0.813. The van der Waals surface area contributed by atoms with Gasteiger partial charge in [0.05, 0.1) is 35.6 Å². The summed E-state index contributed by atoms with van der Waals surface area (Å²) in [6, 6.07) is 0. The van der Waals surface area contributed by atoms with Crippen LogP contribution in [-0.4, -0.2) is 128 Å². The average Bonchev–Trinajstić information content (AvgIpc) is 2.86. The largest absolute Gasteiger partial charge is 0.396 e. The summed E-state index contributed by atoms with van der Waals surface area (Å²) < 4.78 is 12.1. The molecule has 16 heteroatoms. The van der Waals surface area contributed by atoms with E-state index in [0.29, 0.717) is 39.6 Å². The number of aliphatic hydroxyl groups excluding tert-OH is 2. The lowest BCUT2D eigenvalue weighted by atomic mass is 10.9. The zero-order valence-electron chi connectivity index (χ0n) is 20.1. The minimum Gasteiger partial charge on any atom is -0.396 e. The lowest BCUT2D eigenvalue weighted by molar-refractivity contribution is -0.109. The van der Waals surface area contributed by atoms with Crippen LogP contribution in [-0.2, 0) is 25.2 Å². The lowest BCUT2D eigenvalue weighted by Gasteiger charge is -2.04. The van der Waals surface area contributed by atoms with Crippen molar-refractivity contribution in [3.63, 3.8) is 0 Å². The maximum absolute atomic E-state index is 12.1. The summed E-state index contributed by atoms with van der Waals surface area (Å²) in [6.45, 7) is 0.0562. The molecule has 0 saturated carbocycles. The fraction of sp³-hybridized carbons (Fsp3) is 0.850. The zero-order valence-corrected chi connectivity index (χ0v) is 28.3. The molecule has 6 nitrogen and oxygen atoms in total. The first kappa shape index (κ1) is 38.2. The van der Waals surface area contributed by atoms with E-state index in [1.807, 2.05) is 0 Å². The zero-order chi connectivity index (χ0) is 26.7. The summed E-state index contributed by atoms with van der Waals surface area (Å²) in [5.41, 5.74) is 0. The highest BCUT2D eigenvalue weighted by molar-refractivity contribution is 8.25. The molecule has 0 aromatic heterocycles. The van der Waals surface area contributed by atoms with Gasteiger partial charge in [-0.15, -0.1) is 23.5 Å². The smallest absolute Gasteiger partial charge is 0.199 e. The standard InChI is InChI=1S/C20H36O6S10/c21-1-3-33-18(23)13-28-6-5-27-11-12-36(26)17-32-10-9-31-16-35-20(25)15-30-8-7-29-14-19(24)34-4-2-22/h21-22H,1-17H2. The van der Waals surface area contributed by atoms with Crippen LogP contribution in [0.4, 0.5) is 0 Å². The Balaban J connectivity index is 3.37. The van der Waals surface area contributed by atoms with E-state index in [-0.39, 0.29) is 28.6 Å². The Kier molecular flexibility index (Phi) is 32.1. The predicted molar refractivity (Wildman–Crippen MR) is 179 cm³/mol. The Morgan fingerprint density at radius 1 is 0.528 bits per heavy atom. The van der Waals surface area contributed by atoms with E-state index in [1.165, 1.54) is 23.5 Å². The topological polar surface area (TPSA) is 109 Å². The normalized spacial score (nSPS) is 12.1. The molecular weight excluding hydrogens is 657 g/mol. The summed E-state index contributed by atoms with van der Waals surface area (Å²) >= 11 is 13.7. The molecule has 0 radical (unpaired) electrons. The maximum atomic E-state index is 12.1. The Labute approximate surface area is 256 Å². The van der Waals surface area contributed by atoms with Crippen LogP contribution in [0.1, 0.15) is 0 Å². The van der Waals surface area contributed by atoms with Gasteiger partial charge in [-0.2, -0.15) is 47.0 Å². The van der Waals surface area contributed by atoms with Crippen LogP contribution in [0.2, 0.25) is 0 Å². The van der Waals surface area contributed by atoms with Gasteiger partial charge in [0, 0.05) is 73.4 Å². The van der Waals surface area contributed by atoms with Gasteiger partial charge in [0.2, 0.25) is 0 Å². The SMILES string of the molecule is O=C(CSCCSCCS(=O)CSCCSCSC(=O)CSCCSCC(=O)SCCO)SCCO. The number of hydrogen-bond acceptors (Lipinski definition) is 15. The van der Waals surface area contributed by atoms with Gasteiger partial charge in [0.15, 0.2) is 15.3 Å². The molecule has 36 heavy (non-hydrogen) atoms. The van der Waals surface area contributed by atoms with Crippen molar-refractivity contribution in [2.75, 3.05) is 98.2 Å². The number of thioether (sulfide) groups is 9. The highest BCUT2D eigenvalue weighted by Crippen LogP contribution is 2.18. The molecular formula is C20H36O6S10. The van der Waals surface area contributed by atoms with Gasteiger partial charge in [-0.25, -0.2) is 0 Å². The van der Waals surface area contributed by atoms with E-state index < -0.39 is 10.8 Å². The minimum absolute atomic E-state index is 0.0229. The first-order valence-electron chi connectivity index (χ1n) is 11.0. The van der Waals surface area contributed by atoms with Crippen LogP contribution in [0, 0.1) is 0 Å². The van der Waals surface area contributed by atoms with Crippen LogP contribution in [0.5, 0.6) is 0 Å². The Morgan fingerprint density at radius 2 is 0.972 bits per heavy atom. The van der Waals surface area contributed by atoms with Gasteiger partial charge >= 0.3 is 0 Å². The molecule has 0 saturated heterocycles. The van der Waals surface area contributed by atoms with E-state index in [0.717, 1.165) is 57.1 Å². The minimum atomic E-state index is -0.813. The highest BCUT2D eigenvalue weighted by atomic mass is 32.2. The molecule has 1 atom stereocenters. The van der Waals surface area contributed by atoms with Crippen molar-refractivity contribution in [2.24, 2.45) is 0 Å². The van der Waals surface area contributed by atoms with E-state index in [1.54, 1.807) is 70.6 Å². The van der Waals surface area contributed by atoms with Crippen molar-refractivity contribution < 1.29 is 28.8 Å². The van der Waals surface area contributed by atoms with E-state index >= 15 is 0 Å². The van der Waals surface area contributed by atoms with Crippen molar-refractivity contribution >= 4 is 132 Å². The summed E-state index contributed by atoms with van der Waals surface area (Å²) in [5, 5.41) is 19.1. The van der Waals surface area contributed by atoms with Crippen LogP contribution in [0.15, 0.2) is 0 Å². The van der Waals surface area contributed by atoms with Gasteiger partial charge in [-0.05, 0) is 0 Å². The van der Waals surface area contributed by atoms with E-state index in [2.05, 4.69) is 0 Å². The van der Waals surface area contributed by atoms with E-state index in [9.17, 15) is 18.6 Å². The lowest BCUT2D eigenvalue weighted by Crippen LogP contribution is -2.05. The van der Waals surface area contributed by atoms with Gasteiger partial charge in [0.1, 0.15) is 0 Å². The Bertz CT molecular complexity index is 599. The highest BCUT2D eigenvalue weighted by Gasteiger charge is 2.06. The van der Waals surface area contributed by atoms with Gasteiger partial charge in [-0.1, -0.05) is 35.3 Å². The predicted octanol–water partition coefficient (Wildman–Crippen LogP) is 3.81. The van der Waals surface area contributed by atoms with Crippen molar-refractivity contribution in [1.82, 2.24) is 0 Å².